The zero-order chi connectivity index (χ0) is 21.5. The van der Waals surface area contributed by atoms with Gasteiger partial charge in [0.25, 0.3) is 5.91 Å². The third kappa shape index (κ3) is 5.52. The number of benzene rings is 2. The van der Waals surface area contributed by atoms with E-state index in [1.807, 2.05) is 49.1 Å². The highest BCUT2D eigenvalue weighted by atomic mass is 16.5. The number of nitrogens with zero attached hydrogens (tertiary/aromatic N) is 3. The fourth-order valence-corrected chi connectivity index (χ4v) is 3.61. The van der Waals surface area contributed by atoms with Crippen LogP contribution in [0.5, 0.6) is 11.5 Å². The van der Waals surface area contributed by atoms with Gasteiger partial charge in [0.2, 0.25) is 0 Å². The Morgan fingerprint density at radius 3 is 2.50 bits per heavy atom. The molecule has 0 spiro atoms. The van der Waals surface area contributed by atoms with E-state index in [-0.39, 0.29) is 12.0 Å². The van der Waals surface area contributed by atoms with E-state index in [2.05, 4.69) is 11.0 Å². The molecule has 0 aliphatic carbocycles. The third-order valence-corrected chi connectivity index (χ3v) is 5.14. The number of carbonyl (C=O) groups excluding carboxylic acids is 1. The minimum Gasteiger partial charge on any atom is -0.493 e. The molecule has 158 valence electrons. The fraction of sp³-hybridized carbons (Fsp3) is 0.417. The highest BCUT2D eigenvalue weighted by Crippen LogP contribution is 2.29. The van der Waals surface area contributed by atoms with Gasteiger partial charge in [0.1, 0.15) is 0 Å². The second-order valence-electron chi connectivity index (χ2n) is 7.76. The number of carbonyl (C=O) groups is 1. The van der Waals surface area contributed by atoms with Crippen molar-refractivity contribution in [1.29, 1.82) is 5.26 Å². The molecule has 3 rings (SSSR count). The molecule has 0 unspecified atom stereocenters. The molecule has 1 saturated heterocycles. The first-order chi connectivity index (χ1) is 14.5. The number of rotatable bonds is 6. The number of amides is 1. The van der Waals surface area contributed by atoms with Crippen LogP contribution in [0.15, 0.2) is 42.5 Å². The molecule has 6 heteroatoms. The molecule has 6 nitrogen and oxygen atoms in total. The van der Waals surface area contributed by atoms with Crippen LogP contribution in [-0.2, 0) is 6.54 Å². The number of nitriles is 1. The maximum atomic E-state index is 13.1. The van der Waals surface area contributed by atoms with Gasteiger partial charge >= 0.3 is 0 Å². The van der Waals surface area contributed by atoms with Gasteiger partial charge in [0.05, 0.1) is 24.8 Å². The van der Waals surface area contributed by atoms with Crippen molar-refractivity contribution in [2.75, 3.05) is 33.3 Å². The maximum Gasteiger partial charge on any atom is 0.254 e. The molecule has 0 bridgehead atoms. The smallest absolute Gasteiger partial charge is 0.254 e. The van der Waals surface area contributed by atoms with E-state index in [0.29, 0.717) is 29.2 Å². The Hall–Kier alpha value is -3.04. The first-order valence-corrected chi connectivity index (χ1v) is 10.4. The largest absolute Gasteiger partial charge is 0.493 e. The van der Waals surface area contributed by atoms with Crippen LogP contribution in [0.4, 0.5) is 0 Å². The average molecular weight is 408 g/mol. The first-order valence-electron chi connectivity index (χ1n) is 10.4. The molecule has 30 heavy (non-hydrogen) atoms. The number of ether oxygens (including phenoxy) is 2. The van der Waals surface area contributed by atoms with Gasteiger partial charge in [-0.2, -0.15) is 5.26 Å². The van der Waals surface area contributed by atoms with Crippen molar-refractivity contribution in [3.63, 3.8) is 0 Å². The molecule has 1 aliphatic heterocycles. The second kappa shape index (κ2) is 10.1. The molecule has 1 heterocycles. The summed E-state index contributed by atoms with van der Waals surface area (Å²) in [7, 11) is 1.59. The van der Waals surface area contributed by atoms with E-state index in [9.17, 15) is 4.79 Å². The summed E-state index contributed by atoms with van der Waals surface area (Å²) in [6.07, 6.45) is 0.960. The number of hydrogen-bond acceptors (Lipinski definition) is 5. The molecular weight excluding hydrogens is 378 g/mol. The molecule has 1 aliphatic rings. The normalized spacial score (nSPS) is 14.8. The van der Waals surface area contributed by atoms with Crippen LogP contribution < -0.4 is 9.47 Å². The van der Waals surface area contributed by atoms with Crippen molar-refractivity contribution in [2.45, 2.75) is 32.9 Å². The second-order valence-corrected chi connectivity index (χ2v) is 7.76. The standard InChI is InChI=1S/C24H29N3O3/c1-18(2)30-22-10-9-21(15-23(22)29-3)24(28)27-12-4-11-26(13-14-27)17-20-7-5-19(16-25)6-8-20/h5-10,15,18H,4,11-14,17H2,1-3H3. The summed E-state index contributed by atoms with van der Waals surface area (Å²) < 4.78 is 11.2. The van der Waals surface area contributed by atoms with Crippen LogP contribution in [0.25, 0.3) is 0 Å². The van der Waals surface area contributed by atoms with E-state index in [1.54, 1.807) is 19.2 Å². The molecule has 2 aromatic carbocycles. The minimum absolute atomic E-state index is 0.0182. The average Bonchev–Trinajstić information content (AvgIpc) is 2.99. The van der Waals surface area contributed by atoms with Gasteiger partial charge in [0.15, 0.2) is 11.5 Å². The van der Waals surface area contributed by atoms with E-state index >= 15 is 0 Å². The van der Waals surface area contributed by atoms with E-state index < -0.39 is 0 Å². The van der Waals surface area contributed by atoms with E-state index in [0.717, 1.165) is 32.6 Å². The zero-order valence-corrected chi connectivity index (χ0v) is 17.9. The molecule has 1 amide bonds. The molecular formula is C24H29N3O3. The lowest BCUT2D eigenvalue weighted by Crippen LogP contribution is -2.35. The van der Waals surface area contributed by atoms with Crippen LogP contribution in [0.3, 0.4) is 0 Å². The Morgan fingerprint density at radius 1 is 1.07 bits per heavy atom. The summed E-state index contributed by atoms with van der Waals surface area (Å²) in [4.78, 5) is 17.3. The number of methoxy groups -OCH3 is 1. The summed E-state index contributed by atoms with van der Waals surface area (Å²) in [6, 6.07) is 15.2. The molecule has 1 fully saturated rings. The fourth-order valence-electron chi connectivity index (χ4n) is 3.61. The SMILES string of the molecule is COc1cc(C(=O)N2CCCN(Cc3ccc(C#N)cc3)CC2)ccc1OC(C)C. The minimum atomic E-state index is 0.0182. The summed E-state index contributed by atoms with van der Waals surface area (Å²) >= 11 is 0. The first kappa shape index (κ1) is 21.7. The van der Waals surface area contributed by atoms with E-state index in [4.69, 9.17) is 14.7 Å². The van der Waals surface area contributed by atoms with Crippen LogP contribution in [0.1, 0.15) is 41.8 Å². The van der Waals surface area contributed by atoms with Crippen LogP contribution in [0, 0.1) is 11.3 Å². The molecule has 0 aromatic heterocycles. The summed E-state index contributed by atoms with van der Waals surface area (Å²) in [5.74, 6) is 1.24. The lowest BCUT2D eigenvalue weighted by Gasteiger charge is -2.22. The van der Waals surface area contributed by atoms with E-state index in [1.165, 1.54) is 5.56 Å². The van der Waals surface area contributed by atoms with Crippen molar-refractivity contribution in [3.05, 3.63) is 59.2 Å². The van der Waals surface area contributed by atoms with Gasteiger partial charge in [-0.3, -0.25) is 9.69 Å². The van der Waals surface area contributed by atoms with Gasteiger partial charge < -0.3 is 14.4 Å². The van der Waals surface area contributed by atoms with Crippen molar-refractivity contribution >= 4 is 5.91 Å². The predicted molar refractivity (Wildman–Crippen MR) is 116 cm³/mol. The van der Waals surface area contributed by atoms with Gasteiger partial charge in [0, 0.05) is 38.3 Å². The van der Waals surface area contributed by atoms with Crippen molar-refractivity contribution < 1.29 is 14.3 Å². The maximum absolute atomic E-state index is 13.1. The Labute approximate surface area is 178 Å². The molecule has 0 atom stereocenters. The van der Waals surface area contributed by atoms with Crippen LogP contribution >= 0.6 is 0 Å². The van der Waals surface area contributed by atoms with Crippen molar-refractivity contribution in [1.82, 2.24) is 9.80 Å². The molecule has 0 radical (unpaired) electrons. The summed E-state index contributed by atoms with van der Waals surface area (Å²) in [6.45, 7) is 7.91. The Balaban J connectivity index is 1.63. The lowest BCUT2D eigenvalue weighted by molar-refractivity contribution is 0.0760. The van der Waals surface area contributed by atoms with Crippen molar-refractivity contribution in [2.24, 2.45) is 0 Å². The van der Waals surface area contributed by atoms with Crippen LogP contribution in [-0.4, -0.2) is 55.1 Å². The Bertz CT molecular complexity index is 903. The van der Waals surface area contributed by atoms with Crippen molar-refractivity contribution in [3.8, 4) is 17.6 Å². The van der Waals surface area contributed by atoms with Gasteiger partial charge in [-0.05, 0) is 56.2 Å². The Morgan fingerprint density at radius 2 is 1.83 bits per heavy atom. The topological polar surface area (TPSA) is 65.8 Å². The Kier molecular flexibility index (Phi) is 7.31. The third-order valence-electron chi connectivity index (χ3n) is 5.14. The van der Waals surface area contributed by atoms with Gasteiger partial charge in [-0.25, -0.2) is 0 Å². The zero-order valence-electron chi connectivity index (χ0n) is 17.9. The highest BCUT2D eigenvalue weighted by molar-refractivity contribution is 5.95. The molecule has 0 saturated carbocycles. The quantitative estimate of drug-likeness (QED) is 0.730. The van der Waals surface area contributed by atoms with Crippen LogP contribution in [0.2, 0.25) is 0 Å². The molecule has 2 aromatic rings. The van der Waals surface area contributed by atoms with Gasteiger partial charge in [-0.1, -0.05) is 12.1 Å². The summed E-state index contributed by atoms with van der Waals surface area (Å²) in [5.41, 5.74) is 2.47. The highest BCUT2D eigenvalue weighted by Gasteiger charge is 2.21. The number of hydrogen-bond donors (Lipinski definition) is 0. The van der Waals surface area contributed by atoms with Gasteiger partial charge in [-0.15, -0.1) is 0 Å². The molecule has 0 N–H and O–H groups in total. The predicted octanol–water partition coefficient (Wildman–Crippen LogP) is 3.70. The lowest BCUT2D eigenvalue weighted by atomic mass is 10.1. The summed E-state index contributed by atoms with van der Waals surface area (Å²) in [5, 5.41) is 8.94. The monoisotopic (exact) mass is 407 g/mol.